The minimum atomic E-state index is -4.11. The molecule has 2 aromatic carbocycles. The highest BCUT2D eigenvalue weighted by atomic mass is 35.5. The highest BCUT2D eigenvalue weighted by Gasteiger charge is 2.56. The molecule has 1 heterocycles. The molecule has 3 rings (SSSR count). The second-order valence-electron chi connectivity index (χ2n) is 6.15. The van der Waals surface area contributed by atoms with Crippen LogP contribution in [0.15, 0.2) is 52.3 Å². The summed E-state index contributed by atoms with van der Waals surface area (Å²) >= 11 is 31.9. The van der Waals surface area contributed by atoms with Gasteiger partial charge in [-0.25, -0.2) is 8.42 Å². The molecule has 0 bridgehead atoms. The fourth-order valence-corrected chi connectivity index (χ4v) is 11.0. The lowest BCUT2D eigenvalue weighted by Gasteiger charge is -2.38. The quantitative estimate of drug-likeness (QED) is 0.231. The van der Waals surface area contributed by atoms with Crippen LogP contribution in [0.2, 0.25) is 25.1 Å². The second-order valence-corrected chi connectivity index (χ2v) is 13.9. The van der Waals surface area contributed by atoms with Gasteiger partial charge in [-0.15, -0.1) is 0 Å². The van der Waals surface area contributed by atoms with Crippen molar-refractivity contribution >= 4 is 90.4 Å². The van der Waals surface area contributed by atoms with E-state index in [1.54, 1.807) is 37.3 Å². The fraction of sp³-hybridized carbons (Fsp3) is 0.222. The van der Waals surface area contributed by atoms with Crippen molar-refractivity contribution in [3.05, 3.63) is 67.6 Å². The Morgan fingerprint density at radius 2 is 1.48 bits per heavy atom. The van der Waals surface area contributed by atoms with Gasteiger partial charge < -0.3 is 0 Å². The SMILES string of the molecule is CC1C=CCS(=O)C1(Sc1c(Cl)c(Cl)c(Cl)c(Cl)c1Cl)S(=O)(=O)c1ccccc1. The van der Waals surface area contributed by atoms with Crippen LogP contribution >= 0.6 is 69.8 Å². The summed E-state index contributed by atoms with van der Waals surface area (Å²) in [6.07, 6.45) is 3.42. The van der Waals surface area contributed by atoms with Crippen molar-refractivity contribution < 1.29 is 12.6 Å². The number of rotatable bonds is 4. The second kappa shape index (κ2) is 8.91. The highest BCUT2D eigenvalue weighted by molar-refractivity contribution is 8.27. The molecule has 0 N–H and O–H groups in total. The molecule has 11 heteroatoms. The third kappa shape index (κ3) is 3.89. The van der Waals surface area contributed by atoms with Gasteiger partial charge in [-0.3, -0.25) is 4.21 Å². The summed E-state index contributed by atoms with van der Waals surface area (Å²) in [5, 5.41) is -0.232. The lowest BCUT2D eigenvalue weighted by Crippen LogP contribution is -2.47. The third-order valence-electron chi connectivity index (χ3n) is 4.39. The van der Waals surface area contributed by atoms with Gasteiger partial charge in [0.2, 0.25) is 13.2 Å². The molecule has 3 unspecified atom stereocenters. The molecule has 0 spiro atoms. The number of halogens is 5. The van der Waals surface area contributed by atoms with Crippen LogP contribution in [-0.2, 0) is 20.6 Å². The van der Waals surface area contributed by atoms with Crippen LogP contribution in [0.3, 0.4) is 0 Å². The molecular formula is C18H13Cl5O3S3. The number of thioether (sulfide) groups is 1. The zero-order chi connectivity index (χ0) is 21.6. The van der Waals surface area contributed by atoms with Gasteiger partial charge in [-0.1, -0.05) is 107 Å². The smallest absolute Gasteiger partial charge is 0.207 e. The lowest BCUT2D eigenvalue weighted by molar-refractivity contribution is 0.569. The molecule has 29 heavy (non-hydrogen) atoms. The van der Waals surface area contributed by atoms with Gasteiger partial charge >= 0.3 is 0 Å². The molecule has 0 radical (unpaired) electrons. The highest BCUT2D eigenvalue weighted by Crippen LogP contribution is 2.56. The zero-order valence-electron chi connectivity index (χ0n) is 14.7. The molecule has 1 aliphatic rings. The number of sulfone groups is 1. The van der Waals surface area contributed by atoms with Crippen LogP contribution in [0, 0.1) is 5.92 Å². The topological polar surface area (TPSA) is 51.2 Å². The molecule has 0 saturated heterocycles. The van der Waals surface area contributed by atoms with Gasteiger partial charge in [0.15, 0.2) is 0 Å². The molecule has 156 valence electrons. The predicted molar refractivity (Wildman–Crippen MR) is 125 cm³/mol. The molecule has 3 nitrogen and oxygen atoms in total. The number of allylic oxidation sites excluding steroid dienone is 1. The Hall–Kier alpha value is 0.0800. The van der Waals surface area contributed by atoms with E-state index in [0.29, 0.717) is 0 Å². The maximum absolute atomic E-state index is 13.8. The number of benzene rings is 2. The Bertz CT molecular complexity index is 1090. The van der Waals surface area contributed by atoms with Gasteiger partial charge in [0.25, 0.3) is 0 Å². The Labute approximate surface area is 201 Å². The summed E-state index contributed by atoms with van der Waals surface area (Å²) in [7, 11) is -5.93. The van der Waals surface area contributed by atoms with Crippen LogP contribution < -0.4 is 0 Å². The van der Waals surface area contributed by atoms with Crippen molar-refractivity contribution in [2.45, 2.75) is 20.1 Å². The molecule has 3 atom stereocenters. The summed E-state index contributed by atoms with van der Waals surface area (Å²) in [5.74, 6) is -0.569. The van der Waals surface area contributed by atoms with E-state index in [2.05, 4.69) is 0 Å². The Morgan fingerprint density at radius 3 is 2.00 bits per heavy atom. The minimum absolute atomic E-state index is 0.0367. The van der Waals surface area contributed by atoms with E-state index in [-0.39, 0.29) is 40.7 Å². The average Bonchev–Trinajstić information content (AvgIpc) is 2.70. The first-order valence-electron chi connectivity index (χ1n) is 8.11. The largest absolute Gasteiger partial charge is 0.257 e. The van der Waals surface area contributed by atoms with Crippen LogP contribution in [0.25, 0.3) is 0 Å². The number of hydrogen-bond acceptors (Lipinski definition) is 4. The first-order chi connectivity index (χ1) is 13.6. The van der Waals surface area contributed by atoms with E-state index >= 15 is 0 Å². The summed E-state index contributed by atoms with van der Waals surface area (Å²) < 4.78 is 39.0. The molecule has 0 amide bonds. The standard InChI is InChI=1S/C18H13Cl5O3S3/c1-10-6-5-9-28(24)18(10,29(25,26)11-7-3-2-4-8-11)27-17-15(22)13(20)12(19)14(21)16(17)23/h2-8,10H,9H2,1H3. The van der Waals surface area contributed by atoms with Crippen LogP contribution in [-0.4, -0.2) is 21.8 Å². The van der Waals surface area contributed by atoms with Crippen molar-refractivity contribution in [3.63, 3.8) is 0 Å². The van der Waals surface area contributed by atoms with Crippen molar-refractivity contribution in [1.29, 1.82) is 0 Å². The fourth-order valence-electron chi connectivity index (χ4n) is 2.93. The van der Waals surface area contributed by atoms with E-state index in [1.165, 1.54) is 12.1 Å². The van der Waals surface area contributed by atoms with Crippen molar-refractivity contribution in [2.24, 2.45) is 5.92 Å². The Morgan fingerprint density at radius 1 is 0.966 bits per heavy atom. The average molecular weight is 551 g/mol. The van der Waals surface area contributed by atoms with Crippen LogP contribution in [0.4, 0.5) is 0 Å². The summed E-state index contributed by atoms with van der Waals surface area (Å²) in [6, 6.07) is 7.84. The summed E-state index contributed by atoms with van der Waals surface area (Å²) in [5.41, 5.74) is 0. The van der Waals surface area contributed by atoms with Crippen LogP contribution in [0.1, 0.15) is 6.92 Å². The molecule has 0 aromatic heterocycles. The Kier molecular flexibility index (Phi) is 7.29. The van der Waals surface area contributed by atoms with E-state index in [1.807, 2.05) is 0 Å². The van der Waals surface area contributed by atoms with E-state index in [9.17, 15) is 12.6 Å². The van der Waals surface area contributed by atoms with Crippen molar-refractivity contribution in [1.82, 2.24) is 0 Å². The lowest BCUT2D eigenvalue weighted by atomic mass is 10.2. The molecule has 0 saturated carbocycles. The molecule has 0 fully saturated rings. The van der Waals surface area contributed by atoms with Crippen molar-refractivity contribution in [3.8, 4) is 0 Å². The first-order valence-corrected chi connectivity index (χ1v) is 13.6. The molecule has 2 aromatic rings. The number of hydrogen-bond donors (Lipinski definition) is 0. The van der Waals surface area contributed by atoms with Gasteiger partial charge in [0.05, 0.1) is 45.7 Å². The van der Waals surface area contributed by atoms with Gasteiger partial charge in [0.1, 0.15) is 0 Å². The normalized spacial score (nSPS) is 24.6. The first kappa shape index (κ1) is 23.7. The van der Waals surface area contributed by atoms with E-state index < -0.39 is 30.0 Å². The van der Waals surface area contributed by atoms with E-state index in [0.717, 1.165) is 11.8 Å². The van der Waals surface area contributed by atoms with Gasteiger partial charge in [-0.2, -0.15) is 0 Å². The predicted octanol–water partition coefficient (Wildman–Crippen LogP) is 7.13. The van der Waals surface area contributed by atoms with Gasteiger partial charge in [0, 0.05) is 11.7 Å². The summed E-state index contributed by atoms with van der Waals surface area (Å²) in [4.78, 5) is 0.157. The maximum atomic E-state index is 13.8. The molecule has 1 aliphatic heterocycles. The van der Waals surface area contributed by atoms with Gasteiger partial charge in [-0.05, 0) is 12.1 Å². The monoisotopic (exact) mass is 548 g/mol. The minimum Gasteiger partial charge on any atom is -0.257 e. The Balaban J connectivity index is 2.31. The van der Waals surface area contributed by atoms with E-state index in [4.69, 9.17) is 58.0 Å². The van der Waals surface area contributed by atoms with Crippen LogP contribution in [0.5, 0.6) is 0 Å². The molecule has 0 aliphatic carbocycles. The maximum Gasteiger partial charge on any atom is 0.207 e. The zero-order valence-corrected chi connectivity index (χ0v) is 20.9. The van der Waals surface area contributed by atoms with Crippen molar-refractivity contribution in [2.75, 3.05) is 5.75 Å². The third-order valence-corrected chi connectivity index (χ3v) is 14.6. The molecular weight excluding hydrogens is 538 g/mol. The summed E-state index contributed by atoms with van der Waals surface area (Å²) in [6.45, 7) is 1.68.